The molecule has 1 atom stereocenters. The van der Waals surface area contributed by atoms with Crippen LogP contribution in [0, 0.1) is 0 Å². The fourth-order valence-corrected chi connectivity index (χ4v) is 8.06. The molecule has 0 bridgehead atoms. The summed E-state index contributed by atoms with van der Waals surface area (Å²) >= 11 is 0. The molecule has 1 aliphatic rings. The van der Waals surface area contributed by atoms with Crippen molar-refractivity contribution in [2.24, 2.45) is 0 Å². The Morgan fingerprint density at radius 1 is 0.490 bits per heavy atom. The lowest BCUT2D eigenvalue weighted by Crippen LogP contribution is -2.22. The van der Waals surface area contributed by atoms with Gasteiger partial charge >= 0.3 is 0 Å². The van der Waals surface area contributed by atoms with Crippen LogP contribution >= 0.6 is 0 Å². The van der Waals surface area contributed by atoms with Gasteiger partial charge in [-0.3, -0.25) is 0 Å². The van der Waals surface area contributed by atoms with Gasteiger partial charge in [0, 0.05) is 32.7 Å². The number of nitrogens with zero attached hydrogens (tertiary/aromatic N) is 2. The number of aromatic nitrogens is 2. The number of rotatable bonds is 4. The molecule has 49 heavy (non-hydrogen) atoms. The second kappa shape index (κ2) is 10.6. The van der Waals surface area contributed by atoms with E-state index in [0.717, 1.165) is 55.2 Å². The lowest BCUT2D eigenvalue weighted by Gasteiger charge is -2.28. The lowest BCUT2D eigenvalue weighted by molar-refractivity contribution is 0.669. The molecule has 0 saturated carbocycles. The molecule has 10 rings (SSSR count). The van der Waals surface area contributed by atoms with Crippen LogP contribution in [-0.4, -0.2) is 9.97 Å². The molecule has 2 heterocycles. The molecule has 1 unspecified atom stereocenters. The van der Waals surface area contributed by atoms with E-state index in [4.69, 9.17) is 14.4 Å². The van der Waals surface area contributed by atoms with Crippen molar-refractivity contribution < 1.29 is 4.42 Å². The largest absolute Gasteiger partial charge is 0.456 e. The highest BCUT2D eigenvalue weighted by Gasteiger charge is 2.41. The molecule has 0 saturated heterocycles. The van der Waals surface area contributed by atoms with Crippen LogP contribution in [0.1, 0.15) is 23.6 Å². The molecule has 0 N–H and O–H groups in total. The average molecular weight is 627 g/mol. The molecule has 2 aromatic heterocycles. The Morgan fingerprint density at radius 3 is 2.06 bits per heavy atom. The van der Waals surface area contributed by atoms with Crippen molar-refractivity contribution in [3.8, 4) is 44.9 Å². The predicted octanol–water partition coefficient (Wildman–Crippen LogP) is 11.9. The molecule has 230 valence electrons. The molecule has 7 aromatic carbocycles. The average Bonchev–Trinajstić information content (AvgIpc) is 3.68. The van der Waals surface area contributed by atoms with Crippen LogP contribution < -0.4 is 0 Å². The SMILES string of the molecule is CC1(c2ccccc2)c2ccccc2-c2c(-c3ccc4oc5cccc(-c6nc(-c7ccccc7)c7ccccc7n6)c5c4c3)cccc21. The van der Waals surface area contributed by atoms with Gasteiger partial charge in [0.2, 0.25) is 0 Å². The summed E-state index contributed by atoms with van der Waals surface area (Å²) in [5.41, 5.74) is 14.2. The highest BCUT2D eigenvalue weighted by Crippen LogP contribution is 2.55. The van der Waals surface area contributed by atoms with Crippen LogP contribution in [0.3, 0.4) is 0 Å². The Labute approximate surface area is 284 Å². The maximum absolute atomic E-state index is 6.49. The standard InChI is InChI=1S/C46H30N2O/c1-46(31-16-6-3-7-17-31)37-22-10-8-18-33(37)42-32(20-12-23-38(42)46)30-26-27-40-36(28-30)43-35(21-13-25-41(43)49-40)45-47-39-24-11-9-19-34(39)44(48-45)29-14-4-2-5-15-29/h2-28H,1H3. The van der Waals surface area contributed by atoms with E-state index in [1.54, 1.807) is 0 Å². The topological polar surface area (TPSA) is 38.9 Å². The van der Waals surface area contributed by atoms with Gasteiger partial charge in [-0.1, -0.05) is 140 Å². The summed E-state index contributed by atoms with van der Waals surface area (Å²) in [5.74, 6) is 0.685. The fourth-order valence-electron chi connectivity index (χ4n) is 8.06. The van der Waals surface area contributed by atoms with Crippen molar-refractivity contribution >= 4 is 32.8 Å². The Hall–Kier alpha value is -6.32. The molecule has 3 heteroatoms. The summed E-state index contributed by atoms with van der Waals surface area (Å²) in [6.45, 7) is 2.36. The summed E-state index contributed by atoms with van der Waals surface area (Å²) in [7, 11) is 0. The third kappa shape index (κ3) is 4.09. The van der Waals surface area contributed by atoms with E-state index >= 15 is 0 Å². The van der Waals surface area contributed by atoms with Gasteiger partial charge in [0.15, 0.2) is 5.82 Å². The van der Waals surface area contributed by atoms with Crippen molar-refractivity contribution in [2.45, 2.75) is 12.3 Å². The molecular weight excluding hydrogens is 597 g/mol. The maximum Gasteiger partial charge on any atom is 0.161 e. The quantitative estimate of drug-likeness (QED) is 0.195. The summed E-state index contributed by atoms with van der Waals surface area (Å²) < 4.78 is 6.49. The van der Waals surface area contributed by atoms with E-state index in [1.807, 2.05) is 30.3 Å². The highest BCUT2D eigenvalue weighted by atomic mass is 16.3. The zero-order valence-electron chi connectivity index (χ0n) is 26.9. The zero-order chi connectivity index (χ0) is 32.5. The number of fused-ring (bicyclic) bond motifs is 7. The van der Waals surface area contributed by atoms with Gasteiger partial charge in [0.1, 0.15) is 11.2 Å². The number of para-hydroxylation sites is 1. The minimum Gasteiger partial charge on any atom is -0.456 e. The maximum atomic E-state index is 6.49. The van der Waals surface area contributed by atoms with Gasteiger partial charge in [0.25, 0.3) is 0 Å². The highest BCUT2D eigenvalue weighted by molar-refractivity contribution is 6.13. The molecule has 0 spiro atoms. The third-order valence-corrected chi connectivity index (χ3v) is 10.4. The van der Waals surface area contributed by atoms with E-state index in [2.05, 4.69) is 140 Å². The fraction of sp³-hybridized carbons (Fsp3) is 0.0435. The Bertz CT molecular complexity index is 2730. The first kappa shape index (κ1) is 27.8. The molecule has 9 aromatic rings. The second-order valence-corrected chi connectivity index (χ2v) is 13.0. The first-order chi connectivity index (χ1) is 24.2. The van der Waals surface area contributed by atoms with Gasteiger partial charge in [-0.2, -0.15) is 0 Å². The normalized spacial score (nSPS) is 15.1. The first-order valence-electron chi connectivity index (χ1n) is 16.8. The summed E-state index contributed by atoms with van der Waals surface area (Å²) in [4.78, 5) is 10.3. The van der Waals surface area contributed by atoms with Crippen LogP contribution in [0.15, 0.2) is 168 Å². The second-order valence-electron chi connectivity index (χ2n) is 13.0. The number of hydrogen-bond acceptors (Lipinski definition) is 3. The molecule has 3 nitrogen and oxygen atoms in total. The van der Waals surface area contributed by atoms with Crippen LogP contribution in [-0.2, 0) is 5.41 Å². The summed E-state index contributed by atoms with van der Waals surface area (Å²) in [5, 5.41) is 3.11. The van der Waals surface area contributed by atoms with Crippen LogP contribution in [0.25, 0.3) is 77.7 Å². The molecule has 0 radical (unpaired) electrons. The predicted molar refractivity (Wildman–Crippen MR) is 201 cm³/mol. The van der Waals surface area contributed by atoms with Crippen molar-refractivity contribution in [1.82, 2.24) is 9.97 Å². The number of hydrogen-bond donors (Lipinski definition) is 0. The zero-order valence-corrected chi connectivity index (χ0v) is 26.9. The van der Waals surface area contributed by atoms with Crippen LogP contribution in [0.2, 0.25) is 0 Å². The Balaban J connectivity index is 1.20. The Morgan fingerprint density at radius 2 is 1.18 bits per heavy atom. The molecular formula is C46H30N2O. The van der Waals surface area contributed by atoms with Gasteiger partial charge in [0.05, 0.1) is 11.2 Å². The number of benzene rings is 7. The minimum atomic E-state index is -0.257. The van der Waals surface area contributed by atoms with Crippen molar-refractivity contribution in [1.29, 1.82) is 0 Å². The minimum absolute atomic E-state index is 0.257. The van der Waals surface area contributed by atoms with Crippen molar-refractivity contribution in [3.05, 3.63) is 180 Å². The van der Waals surface area contributed by atoms with Crippen molar-refractivity contribution in [3.63, 3.8) is 0 Å². The van der Waals surface area contributed by atoms with E-state index in [9.17, 15) is 0 Å². The molecule has 0 amide bonds. The smallest absolute Gasteiger partial charge is 0.161 e. The van der Waals surface area contributed by atoms with E-state index in [1.165, 1.54) is 33.4 Å². The Kier molecular flexibility index (Phi) is 6.00. The van der Waals surface area contributed by atoms with Crippen LogP contribution in [0.4, 0.5) is 0 Å². The van der Waals surface area contributed by atoms with E-state index in [0.29, 0.717) is 5.82 Å². The summed E-state index contributed by atoms with van der Waals surface area (Å²) in [6.07, 6.45) is 0. The van der Waals surface area contributed by atoms with Gasteiger partial charge in [-0.25, -0.2) is 9.97 Å². The molecule has 0 fully saturated rings. The van der Waals surface area contributed by atoms with Gasteiger partial charge < -0.3 is 4.42 Å². The van der Waals surface area contributed by atoms with E-state index in [-0.39, 0.29) is 5.41 Å². The lowest BCUT2D eigenvalue weighted by atomic mass is 9.74. The number of furan rings is 1. The van der Waals surface area contributed by atoms with Crippen molar-refractivity contribution in [2.75, 3.05) is 0 Å². The van der Waals surface area contributed by atoms with Gasteiger partial charge in [-0.05, 0) is 70.1 Å². The third-order valence-electron chi connectivity index (χ3n) is 10.4. The molecule has 0 aliphatic heterocycles. The van der Waals surface area contributed by atoms with E-state index < -0.39 is 0 Å². The van der Waals surface area contributed by atoms with Gasteiger partial charge in [-0.15, -0.1) is 0 Å². The first-order valence-corrected chi connectivity index (χ1v) is 16.8. The molecule has 1 aliphatic carbocycles. The van der Waals surface area contributed by atoms with Crippen LogP contribution in [0.5, 0.6) is 0 Å². The monoisotopic (exact) mass is 626 g/mol. The summed E-state index contributed by atoms with van der Waals surface area (Å²) in [6, 6.07) is 57.9.